The van der Waals surface area contributed by atoms with Crippen LogP contribution in [0.4, 0.5) is 0 Å². The van der Waals surface area contributed by atoms with Gasteiger partial charge in [0, 0.05) is 25.0 Å². The van der Waals surface area contributed by atoms with Gasteiger partial charge in [-0.25, -0.2) is 0 Å². The molecule has 116 valence electrons. The van der Waals surface area contributed by atoms with Crippen LogP contribution in [0.5, 0.6) is 0 Å². The second-order valence-electron chi connectivity index (χ2n) is 6.49. The molecule has 0 radical (unpaired) electrons. The van der Waals surface area contributed by atoms with E-state index in [4.69, 9.17) is 0 Å². The maximum Gasteiger partial charge on any atom is 0.224 e. The van der Waals surface area contributed by atoms with E-state index in [9.17, 15) is 4.79 Å². The first kappa shape index (κ1) is 15.8. The van der Waals surface area contributed by atoms with Crippen molar-refractivity contribution in [3.63, 3.8) is 0 Å². The highest BCUT2D eigenvalue weighted by atomic mass is 16.2. The normalized spacial score (nSPS) is 21.9. The van der Waals surface area contributed by atoms with Crippen molar-refractivity contribution in [3.05, 3.63) is 0 Å². The molecule has 2 fully saturated rings. The van der Waals surface area contributed by atoms with Crippen LogP contribution in [-0.2, 0) is 4.79 Å². The molecular weight excluding hydrogens is 248 g/mol. The third kappa shape index (κ3) is 4.47. The molecule has 0 aromatic carbocycles. The SMILES string of the molecule is CCNCCC(=O)N(C1CCCCC1)C1CCCCC1. The molecule has 2 rings (SSSR count). The molecule has 3 heteroatoms. The highest BCUT2D eigenvalue weighted by molar-refractivity contribution is 5.77. The van der Waals surface area contributed by atoms with Crippen LogP contribution in [0, 0.1) is 0 Å². The minimum Gasteiger partial charge on any atom is -0.337 e. The quantitative estimate of drug-likeness (QED) is 0.756. The maximum atomic E-state index is 12.7. The van der Waals surface area contributed by atoms with Crippen molar-refractivity contribution in [3.8, 4) is 0 Å². The fourth-order valence-corrected chi connectivity index (χ4v) is 3.93. The van der Waals surface area contributed by atoms with Crippen LogP contribution in [-0.4, -0.2) is 36.0 Å². The zero-order chi connectivity index (χ0) is 14.2. The smallest absolute Gasteiger partial charge is 0.224 e. The number of carbonyl (C=O) groups excluding carboxylic acids is 1. The highest BCUT2D eigenvalue weighted by Gasteiger charge is 2.31. The van der Waals surface area contributed by atoms with Gasteiger partial charge in [0.15, 0.2) is 0 Å². The molecule has 0 atom stereocenters. The minimum absolute atomic E-state index is 0.407. The van der Waals surface area contributed by atoms with E-state index >= 15 is 0 Å². The topological polar surface area (TPSA) is 32.3 Å². The lowest BCUT2D eigenvalue weighted by molar-refractivity contribution is -0.137. The molecule has 0 aromatic rings. The van der Waals surface area contributed by atoms with Crippen LogP contribution in [0.15, 0.2) is 0 Å². The molecule has 0 aromatic heterocycles. The van der Waals surface area contributed by atoms with Gasteiger partial charge in [-0.15, -0.1) is 0 Å². The Morgan fingerprint density at radius 2 is 1.45 bits per heavy atom. The van der Waals surface area contributed by atoms with Crippen LogP contribution >= 0.6 is 0 Å². The van der Waals surface area contributed by atoms with E-state index in [1.165, 1.54) is 64.2 Å². The summed E-state index contributed by atoms with van der Waals surface area (Å²) in [6, 6.07) is 1.09. The van der Waals surface area contributed by atoms with Crippen LogP contribution in [0.2, 0.25) is 0 Å². The predicted molar refractivity (Wildman–Crippen MR) is 83.8 cm³/mol. The van der Waals surface area contributed by atoms with Crippen LogP contribution < -0.4 is 5.32 Å². The van der Waals surface area contributed by atoms with Crippen LogP contribution in [0.25, 0.3) is 0 Å². The summed E-state index contributed by atoms with van der Waals surface area (Å²) in [7, 11) is 0. The molecule has 0 heterocycles. The van der Waals surface area contributed by atoms with Crippen LogP contribution in [0.3, 0.4) is 0 Å². The molecule has 0 aliphatic heterocycles. The molecule has 0 unspecified atom stereocenters. The van der Waals surface area contributed by atoms with E-state index in [0.717, 1.165) is 13.1 Å². The summed E-state index contributed by atoms with van der Waals surface area (Å²) in [4.78, 5) is 15.0. The Balaban J connectivity index is 1.95. The second-order valence-corrected chi connectivity index (χ2v) is 6.49. The van der Waals surface area contributed by atoms with Crippen molar-refractivity contribution in [2.24, 2.45) is 0 Å². The van der Waals surface area contributed by atoms with Gasteiger partial charge >= 0.3 is 0 Å². The van der Waals surface area contributed by atoms with Gasteiger partial charge in [-0.1, -0.05) is 45.4 Å². The molecule has 2 saturated carbocycles. The molecular formula is C17H32N2O. The minimum atomic E-state index is 0.407. The first-order valence-electron chi connectivity index (χ1n) is 8.84. The molecule has 0 spiro atoms. The van der Waals surface area contributed by atoms with Crippen molar-refractivity contribution in [2.75, 3.05) is 13.1 Å². The Hall–Kier alpha value is -0.570. The van der Waals surface area contributed by atoms with Gasteiger partial charge in [0.25, 0.3) is 0 Å². The van der Waals surface area contributed by atoms with Gasteiger partial charge in [0.05, 0.1) is 0 Å². The second kappa shape index (κ2) is 8.66. The Morgan fingerprint density at radius 3 is 1.90 bits per heavy atom. The summed E-state index contributed by atoms with van der Waals surface area (Å²) in [6.45, 7) is 3.90. The molecule has 1 amide bonds. The number of hydrogen-bond donors (Lipinski definition) is 1. The largest absolute Gasteiger partial charge is 0.337 e. The summed E-state index contributed by atoms with van der Waals surface area (Å²) in [5, 5.41) is 3.29. The predicted octanol–water partition coefficient (Wildman–Crippen LogP) is 3.48. The van der Waals surface area contributed by atoms with Crippen molar-refractivity contribution in [1.29, 1.82) is 0 Å². The lowest BCUT2D eigenvalue weighted by Gasteiger charge is -2.42. The molecule has 3 nitrogen and oxygen atoms in total. The summed E-state index contributed by atoms with van der Waals surface area (Å²) >= 11 is 0. The highest BCUT2D eigenvalue weighted by Crippen LogP contribution is 2.30. The fourth-order valence-electron chi connectivity index (χ4n) is 3.93. The van der Waals surface area contributed by atoms with E-state index < -0.39 is 0 Å². The molecule has 2 aliphatic carbocycles. The number of amides is 1. The van der Waals surface area contributed by atoms with Crippen molar-refractivity contribution in [1.82, 2.24) is 10.2 Å². The molecule has 0 bridgehead atoms. The maximum absolute atomic E-state index is 12.7. The van der Waals surface area contributed by atoms with E-state index in [1.54, 1.807) is 0 Å². The summed E-state index contributed by atoms with van der Waals surface area (Å²) < 4.78 is 0. The Labute approximate surface area is 124 Å². The van der Waals surface area contributed by atoms with Gasteiger partial charge in [-0.05, 0) is 32.2 Å². The van der Waals surface area contributed by atoms with Crippen molar-refractivity contribution in [2.45, 2.75) is 89.6 Å². The molecule has 1 N–H and O–H groups in total. The fraction of sp³-hybridized carbons (Fsp3) is 0.941. The third-order valence-electron chi connectivity index (χ3n) is 4.99. The number of carbonyl (C=O) groups is 1. The van der Waals surface area contributed by atoms with E-state index in [1.807, 2.05) is 0 Å². The van der Waals surface area contributed by atoms with Gasteiger partial charge < -0.3 is 10.2 Å². The average molecular weight is 280 g/mol. The van der Waals surface area contributed by atoms with Crippen LogP contribution in [0.1, 0.15) is 77.6 Å². The number of nitrogens with one attached hydrogen (secondary N) is 1. The van der Waals surface area contributed by atoms with Gasteiger partial charge in [0.1, 0.15) is 0 Å². The number of rotatable bonds is 6. The molecule has 2 aliphatic rings. The Morgan fingerprint density at radius 1 is 0.950 bits per heavy atom. The summed E-state index contributed by atoms with van der Waals surface area (Å²) in [5.41, 5.74) is 0. The Bertz CT molecular complexity index is 263. The zero-order valence-corrected chi connectivity index (χ0v) is 13.2. The standard InChI is InChI=1S/C17H32N2O/c1-2-18-14-13-17(20)19(15-9-5-3-6-10-15)16-11-7-4-8-12-16/h15-16,18H,2-14H2,1H3. The Kier molecular flexibility index (Phi) is 6.85. The van der Waals surface area contributed by atoms with Gasteiger partial charge in [-0.2, -0.15) is 0 Å². The van der Waals surface area contributed by atoms with Gasteiger partial charge in [0.2, 0.25) is 5.91 Å². The van der Waals surface area contributed by atoms with E-state index in [0.29, 0.717) is 24.4 Å². The van der Waals surface area contributed by atoms with Crippen molar-refractivity contribution >= 4 is 5.91 Å². The number of nitrogens with zero attached hydrogens (tertiary/aromatic N) is 1. The summed E-state index contributed by atoms with van der Waals surface area (Å²) in [6.07, 6.45) is 13.6. The van der Waals surface area contributed by atoms with Gasteiger partial charge in [-0.3, -0.25) is 4.79 Å². The lowest BCUT2D eigenvalue weighted by atomic mass is 9.88. The average Bonchev–Trinajstić information content (AvgIpc) is 2.50. The van der Waals surface area contributed by atoms with E-state index in [2.05, 4.69) is 17.1 Å². The molecule has 20 heavy (non-hydrogen) atoms. The van der Waals surface area contributed by atoms with Crippen molar-refractivity contribution < 1.29 is 4.79 Å². The summed E-state index contributed by atoms with van der Waals surface area (Å²) in [5.74, 6) is 0.407. The third-order valence-corrected chi connectivity index (χ3v) is 4.99. The molecule has 0 saturated heterocycles. The lowest BCUT2D eigenvalue weighted by Crippen LogP contribution is -2.49. The first-order chi connectivity index (χ1) is 9.83. The monoisotopic (exact) mass is 280 g/mol. The zero-order valence-electron chi connectivity index (χ0n) is 13.2. The first-order valence-corrected chi connectivity index (χ1v) is 8.84. The van der Waals surface area contributed by atoms with E-state index in [-0.39, 0.29) is 0 Å². The number of hydrogen-bond acceptors (Lipinski definition) is 2.